The predicted octanol–water partition coefficient (Wildman–Crippen LogP) is 3.48. The van der Waals surface area contributed by atoms with Gasteiger partial charge in [0.05, 0.1) is 16.4 Å². The van der Waals surface area contributed by atoms with E-state index in [1.807, 2.05) is 6.92 Å². The van der Waals surface area contributed by atoms with Gasteiger partial charge in [0.15, 0.2) is 5.00 Å². The molecule has 0 amide bonds. The number of hydrogen-bond acceptors (Lipinski definition) is 5. The molecule has 94 valence electrons. The highest BCUT2D eigenvalue weighted by molar-refractivity contribution is 7.10. The largest absolute Gasteiger partial charge is 0.265 e. The number of aromatic nitrogens is 2. The second-order valence-electron chi connectivity index (χ2n) is 3.63. The van der Waals surface area contributed by atoms with Crippen LogP contribution in [0.25, 0.3) is 0 Å². The van der Waals surface area contributed by atoms with Crippen LogP contribution in [0, 0.1) is 12.7 Å². The minimum absolute atomic E-state index is 0.0812. The smallest absolute Gasteiger partial charge is 0.153 e. The van der Waals surface area contributed by atoms with E-state index in [1.54, 1.807) is 13.0 Å². The molecule has 1 aromatic heterocycles. The van der Waals surface area contributed by atoms with E-state index >= 15 is 0 Å². The number of anilines is 1. The summed E-state index contributed by atoms with van der Waals surface area (Å²) >= 11 is 6.94. The van der Waals surface area contributed by atoms with Crippen molar-refractivity contribution in [2.75, 3.05) is 5.43 Å². The summed E-state index contributed by atoms with van der Waals surface area (Å²) in [6.45, 7) is 3.64. The Morgan fingerprint density at radius 2 is 2.28 bits per heavy atom. The normalized spacial score (nSPS) is 11.7. The average Bonchev–Trinajstić information content (AvgIpc) is 2.75. The number of hydrogen-bond donors (Lipinski definition) is 1. The van der Waals surface area contributed by atoms with Gasteiger partial charge in [0.2, 0.25) is 0 Å². The van der Waals surface area contributed by atoms with Gasteiger partial charge in [-0.2, -0.15) is 5.10 Å². The predicted molar refractivity (Wildman–Crippen MR) is 71.9 cm³/mol. The Bertz CT molecular complexity index is 596. The van der Waals surface area contributed by atoms with Crippen molar-refractivity contribution < 1.29 is 4.39 Å². The highest BCUT2D eigenvalue weighted by atomic mass is 35.5. The summed E-state index contributed by atoms with van der Waals surface area (Å²) in [4.78, 5) is 0. The second-order valence-corrected chi connectivity index (χ2v) is 4.79. The molecule has 4 nitrogen and oxygen atoms in total. The molecular formula is C11H10ClFN4S. The molecule has 2 aromatic rings. The van der Waals surface area contributed by atoms with E-state index in [9.17, 15) is 4.39 Å². The summed E-state index contributed by atoms with van der Waals surface area (Å²) in [5.41, 5.74) is 5.11. The van der Waals surface area contributed by atoms with Crippen molar-refractivity contribution in [2.24, 2.45) is 5.10 Å². The average molecular weight is 285 g/mol. The van der Waals surface area contributed by atoms with Crippen LogP contribution in [0.3, 0.4) is 0 Å². The van der Waals surface area contributed by atoms with E-state index < -0.39 is 5.82 Å². The van der Waals surface area contributed by atoms with E-state index in [0.29, 0.717) is 5.71 Å². The van der Waals surface area contributed by atoms with Gasteiger partial charge in [-0.05, 0) is 31.5 Å². The summed E-state index contributed by atoms with van der Waals surface area (Å²) in [6, 6.07) is 4.48. The number of benzene rings is 1. The van der Waals surface area contributed by atoms with Crippen LogP contribution < -0.4 is 5.43 Å². The van der Waals surface area contributed by atoms with Crippen molar-refractivity contribution in [3.63, 3.8) is 0 Å². The van der Waals surface area contributed by atoms with E-state index in [2.05, 4.69) is 20.1 Å². The highest BCUT2D eigenvalue weighted by Gasteiger charge is 2.05. The maximum Gasteiger partial charge on any atom is 0.153 e. The Labute approximate surface area is 113 Å². The molecule has 0 atom stereocenters. The number of nitrogens with one attached hydrogen (secondary N) is 1. The lowest BCUT2D eigenvalue weighted by Gasteiger charge is -2.03. The van der Waals surface area contributed by atoms with Gasteiger partial charge in [-0.25, -0.2) is 4.39 Å². The number of aryl methyl sites for hydroxylation is 1. The summed E-state index contributed by atoms with van der Waals surface area (Å²) in [5, 5.41) is 8.90. The van der Waals surface area contributed by atoms with E-state index in [-0.39, 0.29) is 5.02 Å². The fraction of sp³-hybridized carbons (Fsp3) is 0.182. The SMILES string of the molecule is C/C(=N/Nc1snnc1C)c1ccc(F)c(Cl)c1. The summed E-state index contributed by atoms with van der Waals surface area (Å²) < 4.78 is 16.8. The fourth-order valence-electron chi connectivity index (χ4n) is 1.26. The monoisotopic (exact) mass is 284 g/mol. The van der Waals surface area contributed by atoms with Gasteiger partial charge in [-0.15, -0.1) is 5.10 Å². The Morgan fingerprint density at radius 3 is 2.89 bits per heavy atom. The molecule has 1 N–H and O–H groups in total. The molecule has 0 saturated carbocycles. The van der Waals surface area contributed by atoms with Crippen LogP contribution in [-0.2, 0) is 0 Å². The Balaban J connectivity index is 2.18. The van der Waals surface area contributed by atoms with Crippen LogP contribution >= 0.6 is 23.1 Å². The van der Waals surface area contributed by atoms with Gasteiger partial charge >= 0.3 is 0 Å². The molecule has 7 heteroatoms. The van der Waals surface area contributed by atoms with Crippen LogP contribution in [0.5, 0.6) is 0 Å². The molecule has 1 heterocycles. The topological polar surface area (TPSA) is 50.2 Å². The third-order valence-corrected chi connectivity index (χ3v) is 3.34. The van der Waals surface area contributed by atoms with Crippen molar-refractivity contribution in [1.82, 2.24) is 9.59 Å². The number of rotatable bonds is 3. The molecule has 0 aliphatic carbocycles. The van der Waals surface area contributed by atoms with Crippen LogP contribution in [0.1, 0.15) is 18.2 Å². The summed E-state index contributed by atoms with van der Waals surface area (Å²) in [7, 11) is 0. The Kier molecular flexibility index (Phi) is 3.88. The number of nitrogens with zero attached hydrogens (tertiary/aromatic N) is 3. The van der Waals surface area contributed by atoms with Crippen LogP contribution in [0.2, 0.25) is 5.02 Å². The van der Waals surface area contributed by atoms with Crippen molar-refractivity contribution >= 4 is 33.8 Å². The first-order valence-corrected chi connectivity index (χ1v) is 6.27. The molecular weight excluding hydrogens is 275 g/mol. The fourth-order valence-corrected chi connectivity index (χ4v) is 1.94. The van der Waals surface area contributed by atoms with Crippen LogP contribution in [0.15, 0.2) is 23.3 Å². The molecule has 0 aliphatic heterocycles. The molecule has 0 radical (unpaired) electrons. The molecule has 0 aliphatic rings. The number of halogens is 2. The minimum Gasteiger partial charge on any atom is -0.265 e. The van der Waals surface area contributed by atoms with Gasteiger partial charge in [-0.1, -0.05) is 22.2 Å². The maximum absolute atomic E-state index is 13.0. The van der Waals surface area contributed by atoms with Crippen LogP contribution in [0.4, 0.5) is 9.39 Å². The van der Waals surface area contributed by atoms with E-state index in [0.717, 1.165) is 16.3 Å². The third-order valence-electron chi connectivity index (χ3n) is 2.31. The third kappa shape index (κ3) is 2.83. The lowest BCUT2D eigenvalue weighted by molar-refractivity contribution is 0.628. The lowest BCUT2D eigenvalue weighted by Crippen LogP contribution is -2.00. The molecule has 0 spiro atoms. The first-order chi connectivity index (χ1) is 8.58. The van der Waals surface area contributed by atoms with Gasteiger partial charge < -0.3 is 0 Å². The van der Waals surface area contributed by atoms with Gasteiger partial charge in [-0.3, -0.25) is 5.43 Å². The van der Waals surface area contributed by atoms with Crippen molar-refractivity contribution in [3.8, 4) is 0 Å². The van der Waals surface area contributed by atoms with Crippen LogP contribution in [-0.4, -0.2) is 15.3 Å². The maximum atomic E-state index is 13.0. The standard InChI is InChI=1S/C11H10ClFN4S/c1-6(8-3-4-10(13)9(12)5-8)14-16-11-7(2)15-17-18-11/h3-5,16H,1-2H3/b14-6-. The highest BCUT2D eigenvalue weighted by Crippen LogP contribution is 2.18. The Morgan fingerprint density at radius 1 is 1.50 bits per heavy atom. The zero-order valence-corrected chi connectivity index (χ0v) is 11.3. The number of hydrazone groups is 1. The zero-order valence-electron chi connectivity index (χ0n) is 9.74. The molecule has 2 rings (SSSR count). The first-order valence-electron chi connectivity index (χ1n) is 5.12. The first kappa shape index (κ1) is 12.9. The van der Waals surface area contributed by atoms with E-state index in [4.69, 9.17) is 11.6 Å². The second kappa shape index (κ2) is 5.41. The molecule has 0 saturated heterocycles. The van der Waals surface area contributed by atoms with Crippen molar-refractivity contribution in [3.05, 3.63) is 40.3 Å². The van der Waals surface area contributed by atoms with E-state index in [1.165, 1.54) is 23.7 Å². The molecule has 0 bridgehead atoms. The zero-order chi connectivity index (χ0) is 13.1. The Hall–Kier alpha value is -1.53. The molecule has 0 fully saturated rings. The lowest BCUT2D eigenvalue weighted by atomic mass is 10.1. The van der Waals surface area contributed by atoms with Gasteiger partial charge in [0.25, 0.3) is 0 Å². The quantitative estimate of drug-likeness (QED) is 0.693. The van der Waals surface area contributed by atoms with Crippen molar-refractivity contribution in [1.29, 1.82) is 0 Å². The molecule has 18 heavy (non-hydrogen) atoms. The van der Waals surface area contributed by atoms with Gasteiger partial charge in [0, 0.05) is 11.5 Å². The molecule has 1 aromatic carbocycles. The summed E-state index contributed by atoms with van der Waals surface area (Å²) in [6.07, 6.45) is 0. The molecule has 0 unspecified atom stereocenters. The summed E-state index contributed by atoms with van der Waals surface area (Å²) in [5.74, 6) is -0.441. The van der Waals surface area contributed by atoms with Gasteiger partial charge in [0.1, 0.15) is 5.82 Å². The van der Waals surface area contributed by atoms with Crippen molar-refractivity contribution in [2.45, 2.75) is 13.8 Å². The minimum atomic E-state index is -0.441.